The lowest BCUT2D eigenvalue weighted by Crippen LogP contribution is -2.41. The summed E-state index contributed by atoms with van der Waals surface area (Å²) in [5, 5.41) is 3.75. The van der Waals surface area contributed by atoms with E-state index in [0.717, 1.165) is 44.1 Å². The van der Waals surface area contributed by atoms with Crippen molar-refractivity contribution in [3.8, 4) is 0 Å². The Bertz CT molecular complexity index is 221. The third kappa shape index (κ3) is 7.91. The highest BCUT2D eigenvalue weighted by Crippen LogP contribution is 2.23. The number of nitrogens with zero attached hydrogens (tertiary/aromatic N) is 1. The Morgan fingerprint density at radius 3 is 2.68 bits per heavy atom. The standard InChI is InChI=1S/C16H34N2O/c1-14(2)13-18(10-11-19-4)9-8-17-16-7-5-6-15(3)12-16/h14-17H,5-13H2,1-4H3. The van der Waals surface area contributed by atoms with Crippen molar-refractivity contribution in [2.75, 3.05) is 39.9 Å². The van der Waals surface area contributed by atoms with Crippen molar-refractivity contribution in [3.63, 3.8) is 0 Å². The Kier molecular flexibility index (Phi) is 8.67. The van der Waals surface area contributed by atoms with E-state index in [2.05, 4.69) is 31.0 Å². The topological polar surface area (TPSA) is 24.5 Å². The molecule has 0 heterocycles. The average Bonchev–Trinajstić information content (AvgIpc) is 2.35. The van der Waals surface area contributed by atoms with Crippen LogP contribution in [-0.2, 0) is 4.74 Å². The van der Waals surface area contributed by atoms with Gasteiger partial charge in [0.05, 0.1) is 6.61 Å². The normalized spacial score (nSPS) is 24.3. The second kappa shape index (κ2) is 9.73. The molecule has 19 heavy (non-hydrogen) atoms. The number of ether oxygens (including phenoxy) is 1. The monoisotopic (exact) mass is 270 g/mol. The van der Waals surface area contributed by atoms with Gasteiger partial charge in [0.2, 0.25) is 0 Å². The fraction of sp³-hybridized carbons (Fsp3) is 1.00. The summed E-state index contributed by atoms with van der Waals surface area (Å²) < 4.78 is 5.20. The van der Waals surface area contributed by atoms with Crippen LogP contribution in [0.15, 0.2) is 0 Å². The number of nitrogens with one attached hydrogen (secondary N) is 1. The van der Waals surface area contributed by atoms with E-state index in [9.17, 15) is 0 Å². The summed E-state index contributed by atoms with van der Waals surface area (Å²) in [6.45, 7) is 12.3. The van der Waals surface area contributed by atoms with Crippen molar-refractivity contribution < 1.29 is 4.74 Å². The van der Waals surface area contributed by atoms with Crippen LogP contribution >= 0.6 is 0 Å². The zero-order valence-corrected chi connectivity index (χ0v) is 13.5. The van der Waals surface area contributed by atoms with Gasteiger partial charge < -0.3 is 10.1 Å². The molecule has 0 aromatic carbocycles. The van der Waals surface area contributed by atoms with E-state index in [1.54, 1.807) is 7.11 Å². The molecule has 1 aliphatic carbocycles. The highest BCUT2D eigenvalue weighted by atomic mass is 16.5. The molecule has 0 radical (unpaired) electrons. The van der Waals surface area contributed by atoms with Gasteiger partial charge in [-0.05, 0) is 24.7 Å². The van der Waals surface area contributed by atoms with E-state index in [0.29, 0.717) is 0 Å². The maximum atomic E-state index is 5.20. The van der Waals surface area contributed by atoms with E-state index in [1.807, 2.05) is 0 Å². The highest BCUT2D eigenvalue weighted by molar-refractivity contribution is 4.76. The molecule has 2 unspecified atom stereocenters. The molecule has 3 nitrogen and oxygen atoms in total. The second-order valence-electron chi connectivity index (χ2n) is 6.61. The molecule has 3 heteroatoms. The van der Waals surface area contributed by atoms with Crippen LogP contribution in [0.2, 0.25) is 0 Å². The van der Waals surface area contributed by atoms with Gasteiger partial charge in [0.1, 0.15) is 0 Å². The van der Waals surface area contributed by atoms with Crippen molar-refractivity contribution in [3.05, 3.63) is 0 Å². The molecule has 114 valence electrons. The first-order valence-electron chi connectivity index (χ1n) is 8.06. The van der Waals surface area contributed by atoms with Crippen LogP contribution in [0.1, 0.15) is 46.5 Å². The van der Waals surface area contributed by atoms with E-state index in [4.69, 9.17) is 4.74 Å². The van der Waals surface area contributed by atoms with Crippen LogP contribution in [0.4, 0.5) is 0 Å². The van der Waals surface area contributed by atoms with E-state index >= 15 is 0 Å². The van der Waals surface area contributed by atoms with E-state index < -0.39 is 0 Å². The number of hydrogen-bond acceptors (Lipinski definition) is 3. The van der Waals surface area contributed by atoms with Crippen molar-refractivity contribution in [2.45, 2.75) is 52.5 Å². The number of hydrogen-bond donors (Lipinski definition) is 1. The largest absolute Gasteiger partial charge is 0.383 e. The van der Waals surface area contributed by atoms with Crippen molar-refractivity contribution >= 4 is 0 Å². The van der Waals surface area contributed by atoms with Crippen LogP contribution in [0.5, 0.6) is 0 Å². The fourth-order valence-corrected chi connectivity index (χ4v) is 3.08. The first-order valence-corrected chi connectivity index (χ1v) is 8.06. The summed E-state index contributed by atoms with van der Waals surface area (Å²) in [5.41, 5.74) is 0. The van der Waals surface area contributed by atoms with Crippen molar-refractivity contribution in [1.82, 2.24) is 10.2 Å². The maximum absolute atomic E-state index is 5.20. The Hall–Kier alpha value is -0.120. The third-order valence-corrected chi connectivity index (χ3v) is 4.03. The van der Waals surface area contributed by atoms with Gasteiger partial charge in [-0.1, -0.05) is 33.6 Å². The summed E-state index contributed by atoms with van der Waals surface area (Å²) in [6.07, 6.45) is 5.55. The van der Waals surface area contributed by atoms with Gasteiger partial charge in [-0.3, -0.25) is 4.90 Å². The molecule has 1 fully saturated rings. The molecule has 1 aliphatic rings. The Labute approximate surface area is 120 Å². The smallest absolute Gasteiger partial charge is 0.0589 e. The molecule has 1 rings (SSSR count). The number of rotatable bonds is 9. The maximum Gasteiger partial charge on any atom is 0.0589 e. The SMILES string of the molecule is COCCN(CCNC1CCCC(C)C1)CC(C)C. The predicted molar refractivity (Wildman–Crippen MR) is 82.6 cm³/mol. The zero-order valence-electron chi connectivity index (χ0n) is 13.5. The Morgan fingerprint density at radius 1 is 1.26 bits per heavy atom. The first kappa shape index (κ1) is 16.9. The fourth-order valence-electron chi connectivity index (χ4n) is 3.08. The molecular weight excluding hydrogens is 236 g/mol. The summed E-state index contributed by atoms with van der Waals surface area (Å²) in [7, 11) is 1.79. The lowest BCUT2D eigenvalue weighted by Gasteiger charge is -2.29. The van der Waals surface area contributed by atoms with Crippen LogP contribution in [0.3, 0.4) is 0 Å². The number of methoxy groups -OCH3 is 1. The quantitative estimate of drug-likeness (QED) is 0.697. The highest BCUT2D eigenvalue weighted by Gasteiger charge is 2.18. The van der Waals surface area contributed by atoms with E-state index in [-0.39, 0.29) is 0 Å². The summed E-state index contributed by atoms with van der Waals surface area (Å²) >= 11 is 0. The van der Waals surface area contributed by atoms with Crippen LogP contribution < -0.4 is 5.32 Å². The lowest BCUT2D eigenvalue weighted by molar-refractivity contribution is 0.139. The van der Waals surface area contributed by atoms with Crippen LogP contribution in [0.25, 0.3) is 0 Å². The van der Waals surface area contributed by atoms with Gasteiger partial charge in [-0.15, -0.1) is 0 Å². The molecule has 0 saturated heterocycles. The van der Waals surface area contributed by atoms with Crippen LogP contribution in [-0.4, -0.2) is 50.8 Å². The van der Waals surface area contributed by atoms with Crippen LogP contribution in [0, 0.1) is 11.8 Å². The predicted octanol–water partition coefficient (Wildman–Crippen LogP) is 2.76. The minimum absolute atomic E-state index is 0.728. The average molecular weight is 270 g/mol. The Morgan fingerprint density at radius 2 is 2.05 bits per heavy atom. The summed E-state index contributed by atoms with van der Waals surface area (Å²) in [4.78, 5) is 2.52. The summed E-state index contributed by atoms with van der Waals surface area (Å²) in [5.74, 6) is 1.64. The van der Waals surface area contributed by atoms with Gasteiger partial charge in [0.25, 0.3) is 0 Å². The van der Waals surface area contributed by atoms with E-state index in [1.165, 1.54) is 32.2 Å². The molecule has 2 atom stereocenters. The first-order chi connectivity index (χ1) is 9.11. The third-order valence-electron chi connectivity index (χ3n) is 4.03. The minimum Gasteiger partial charge on any atom is -0.383 e. The van der Waals surface area contributed by atoms with Gasteiger partial charge in [0.15, 0.2) is 0 Å². The molecule has 0 spiro atoms. The lowest BCUT2D eigenvalue weighted by atomic mass is 9.87. The summed E-state index contributed by atoms with van der Waals surface area (Å²) in [6, 6.07) is 0.757. The molecule has 0 bridgehead atoms. The van der Waals surface area contributed by atoms with Gasteiger partial charge in [-0.2, -0.15) is 0 Å². The molecule has 1 saturated carbocycles. The van der Waals surface area contributed by atoms with Gasteiger partial charge in [0, 0.05) is 39.3 Å². The van der Waals surface area contributed by atoms with Gasteiger partial charge in [-0.25, -0.2) is 0 Å². The van der Waals surface area contributed by atoms with Crippen molar-refractivity contribution in [2.24, 2.45) is 11.8 Å². The second-order valence-corrected chi connectivity index (χ2v) is 6.61. The molecular formula is C16H34N2O. The minimum atomic E-state index is 0.728. The molecule has 0 amide bonds. The van der Waals surface area contributed by atoms with Gasteiger partial charge >= 0.3 is 0 Å². The molecule has 0 aromatic heterocycles. The van der Waals surface area contributed by atoms with Crippen molar-refractivity contribution in [1.29, 1.82) is 0 Å². The Balaban J connectivity index is 2.18. The molecule has 0 aromatic rings. The molecule has 0 aliphatic heterocycles. The zero-order chi connectivity index (χ0) is 14.1. The molecule has 1 N–H and O–H groups in total.